The van der Waals surface area contributed by atoms with Crippen molar-refractivity contribution < 1.29 is 14.3 Å². The topological polar surface area (TPSA) is 58.6 Å². The number of anilines is 1. The minimum Gasteiger partial charge on any atom is -0.487 e. The van der Waals surface area contributed by atoms with Crippen LogP contribution < -0.4 is 15.0 Å². The number of nitrogens with zero attached hydrogens (tertiary/aromatic N) is 1. The zero-order valence-corrected chi connectivity index (χ0v) is 11.2. The van der Waals surface area contributed by atoms with Gasteiger partial charge in [-0.15, -0.1) is 0 Å². The van der Waals surface area contributed by atoms with Gasteiger partial charge in [-0.25, -0.2) is 0 Å². The van der Waals surface area contributed by atoms with Crippen LogP contribution in [0.1, 0.15) is 19.8 Å². The first-order valence-corrected chi connectivity index (χ1v) is 6.38. The second-order valence-electron chi connectivity index (χ2n) is 4.57. The van der Waals surface area contributed by atoms with Crippen molar-refractivity contribution in [3.63, 3.8) is 0 Å². The number of nitrogens with one attached hydrogen (secondary N) is 1. The average molecular weight is 262 g/mol. The summed E-state index contributed by atoms with van der Waals surface area (Å²) < 4.78 is 5.69. The molecule has 5 nitrogen and oxygen atoms in total. The fourth-order valence-electron chi connectivity index (χ4n) is 2.11. The van der Waals surface area contributed by atoms with Crippen molar-refractivity contribution in [1.29, 1.82) is 0 Å². The molecule has 2 rings (SSSR count). The molecule has 0 spiro atoms. The van der Waals surface area contributed by atoms with E-state index in [2.05, 4.69) is 5.32 Å². The summed E-state index contributed by atoms with van der Waals surface area (Å²) in [5.41, 5.74) is 0.780. The van der Waals surface area contributed by atoms with Crippen molar-refractivity contribution in [2.45, 2.75) is 25.9 Å². The summed E-state index contributed by atoms with van der Waals surface area (Å²) in [6.45, 7) is 2.44. The molecule has 0 fully saturated rings. The van der Waals surface area contributed by atoms with Gasteiger partial charge in [0.05, 0.1) is 12.2 Å². The Balaban J connectivity index is 2.11. The van der Waals surface area contributed by atoms with Gasteiger partial charge < -0.3 is 15.0 Å². The zero-order valence-electron chi connectivity index (χ0n) is 11.2. The van der Waals surface area contributed by atoms with Crippen molar-refractivity contribution >= 4 is 17.5 Å². The molecule has 5 heteroatoms. The minimum atomic E-state index is -0.122. The first-order valence-electron chi connectivity index (χ1n) is 6.38. The Bertz CT molecular complexity index is 487. The predicted molar refractivity (Wildman–Crippen MR) is 72.2 cm³/mol. The molecule has 19 heavy (non-hydrogen) atoms. The van der Waals surface area contributed by atoms with Crippen LogP contribution in [0.25, 0.3) is 0 Å². The molecule has 1 aromatic rings. The number of ether oxygens (including phenoxy) is 1. The predicted octanol–water partition coefficient (Wildman–Crippen LogP) is 1.33. The number of rotatable bonds is 3. The third-order valence-electron chi connectivity index (χ3n) is 3.07. The molecule has 1 atom stereocenters. The van der Waals surface area contributed by atoms with E-state index >= 15 is 0 Å². The Morgan fingerprint density at radius 2 is 2.11 bits per heavy atom. The van der Waals surface area contributed by atoms with Crippen LogP contribution in [0.3, 0.4) is 0 Å². The maximum Gasteiger partial charge on any atom is 0.227 e. The summed E-state index contributed by atoms with van der Waals surface area (Å²) in [6.07, 6.45) is 0.378. The van der Waals surface area contributed by atoms with E-state index in [0.29, 0.717) is 6.54 Å². The molecule has 0 aliphatic carbocycles. The first kappa shape index (κ1) is 13.4. The second kappa shape index (κ2) is 5.73. The van der Waals surface area contributed by atoms with Crippen molar-refractivity contribution in [3.8, 4) is 5.75 Å². The number of carbonyl (C=O) groups is 2. The fraction of sp³-hybridized carbons (Fsp3) is 0.429. The summed E-state index contributed by atoms with van der Waals surface area (Å²) in [5, 5.41) is 2.52. The Morgan fingerprint density at radius 3 is 2.84 bits per heavy atom. The normalized spacial score (nSPS) is 17.4. The summed E-state index contributed by atoms with van der Waals surface area (Å²) in [4.78, 5) is 25.1. The van der Waals surface area contributed by atoms with Gasteiger partial charge in [-0.1, -0.05) is 12.1 Å². The molecule has 0 bridgehead atoms. The lowest BCUT2D eigenvalue weighted by Gasteiger charge is -2.33. The Morgan fingerprint density at radius 1 is 1.37 bits per heavy atom. The monoisotopic (exact) mass is 262 g/mol. The van der Waals surface area contributed by atoms with E-state index in [1.54, 1.807) is 11.9 Å². The van der Waals surface area contributed by atoms with Crippen molar-refractivity contribution in [2.75, 3.05) is 18.5 Å². The molecule has 0 unspecified atom stereocenters. The lowest BCUT2D eigenvalue weighted by Crippen LogP contribution is -2.42. The Kier molecular flexibility index (Phi) is 4.04. The number of amides is 2. The lowest BCUT2D eigenvalue weighted by atomic mass is 10.1. The molecular weight excluding hydrogens is 244 g/mol. The van der Waals surface area contributed by atoms with Gasteiger partial charge in [0.25, 0.3) is 0 Å². The molecule has 1 N–H and O–H groups in total. The fourth-order valence-corrected chi connectivity index (χ4v) is 2.11. The molecule has 0 saturated heterocycles. The van der Waals surface area contributed by atoms with Gasteiger partial charge in [0, 0.05) is 19.9 Å². The molecule has 1 aromatic carbocycles. The van der Waals surface area contributed by atoms with Crippen LogP contribution in [0, 0.1) is 0 Å². The minimum absolute atomic E-state index is 0.0427. The summed E-state index contributed by atoms with van der Waals surface area (Å²) in [5.74, 6) is 0.545. The third-order valence-corrected chi connectivity index (χ3v) is 3.07. The van der Waals surface area contributed by atoms with Crippen LogP contribution in [-0.2, 0) is 9.59 Å². The molecule has 1 aliphatic rings. The SMILES string of the molecule is CNC(=O)CCC(=O)N1C[C@@H](C)Oc2ccccc21. The largest absolute Gasteiger partial charge is 0.487 e. The van der Waals surface area contributed by atoms with E-state index in [1.807, 2.05) is 31.2 Å². The highest BCUT2D eigenvalue weighted by Gasteiger charge is 2.27. The molecule has 1 aliphatic heterocycles. The quantitative estimate of drug-likeness (QED) is 0.894. The van der Waals surface area contributed by atoms with E-state index in [9.17, 15) is 9.59 Å². The molecule has 0 saturated carbocycles. The maximum atomic E-state index is 12.2. The van der Waals surface area contributed by atoms with Crippen LogP contribution in [0.2, 0.25) is 0 Å². The summed E-state index contributed by atoms with van der Waals surface area (Å²) in [7, 11) is 1.57. The number of benzene rings is 1. The lowest BCUT2D eigenvalue weighted by molar-refractivity contribution is -0.125. The van der Waals surface area contributed by atoms with Crippen molar-refractivity contribution in [1.82, 2.24) is 5.32 Å². The molecule has 102 valence electrons. The second-order valence-corrected chi connectivity index (χ2v) is 4.57. The standard InChI is InChI=1S/C14H18N2O3/c1-10-9-16(14(18)8-7-13(17)15-2)11-5-3-4-6-12(11)19-10/h3-6,10H,7-9H2,1-2H3,(H,15,17)/t10-/m1/s1. The third kappa shape index (κ3) is 3.05. The Hall–Kier alpha value is -2.04. The smallest absolute Gasteiger partial charge is 0.227 e. The van der Waals surface area contributed by atoms with E-state index in [1.165, 1.54) is 0 Å². The van der Waals surface area contributed by atoms with E-state index in [-0.39, 0.29) is 30.8 Å². The van der Waals surface area contributed by atoms with Gasteiger partial charge in [-0.3, -0.25) is 9.59 Å². The number of fused-ring (bicyclic) bond motifs is 1. The maximum absolute atomic E-state index is 12.2. The Labute approximate surface area is 112 Å². The average Bonchev–Trinajstić information content (AvgIpc) is 2.43. The molecule has 0 radical (unpaired) electrons. The molecule has 1 heterocycles. The highest BCUT2D eigenvalue weighted by molar-refractivity contribution is 5.97. The summed E-state index contributed by atoms with van der Waals surface area (Å²) in [6, 6.07) is 7.46. The van der Waals surface area contributed by atoms with Crippen LogP contribution in [-0.4, -0.2) is 31.5 Å². The van der Waals surface area contributed by atoms with Gasteiger partial charge in [-0.05, 0) is 19.1 Å². The number of hydrogen-bond donors (Lipinski definition) is 1. The van der Waals surface area contributed by atoms with Gasteiger partial charge in [0.2, 0.25) is 11.8 Å². The number of para-hydroxylation sites is 2. The van der Waals surface area contributed by atoms with E-state index in [0.717, 1.165) is 11.4 Å². The van der Waals surface area contributed by atoms with Crippen LogP contribution in [0.15, 0.2) is 24.3 Å². The van der Waals surface area contributed by atoms with Crippen LogP contribution >= 0.6 is 0 Å². The van der Waals surface area contributed by atoms with Crippen molar-refractivity contribution in [2.24, 2.45) is 0 Å². The highest BCUT2D eigenvalue weighted by atomic mass is 16.5. The van der Waals surface area contributed by atoms with E-state index < -0.39 is 0 Å². The van der Waals surface area contributed by atoms with Crippen molar-refractivity contribution in [3.05, 3.63) is 24.3 Å². The first-order chi connectivity index (χ1) is 9.11. The van der Waals surface area contributed by atoms with Gasteiger partial charge in [0.15, 0.2) is 0 Å². The van der Waals surface area contributed by atoms with Gasteiger partial charge in [-0.2, -0.15) is 0 Å². The molecule has 2 amide bonds. The van der Waals surface area contributed by atoms with Crippen LogP contribution in [0.5, 0.6) is 5.75 Å². The molecular formula is C14H18N2O3. The summed E-state index contributed by atoms with van der Waals surface area (Å²) >= 11 is 0. The van der Waals surface area contributed by atoms with E-state index in [4.69, 9.17) is 4.74 Å². The van der Waals surface area contributed by atoms with Gasteiger partial charge in [0.1, 0.15) is 11.9 Å². The number of carbonyl (C=O) groups excluding carboxylic acids is 2. The highest BCUT2D eigenvalue weighted by Crippen LogP contribution is 2.33. The van der Waals surface area contributed by atoms with Crippen LogP contribution in [0.4, 0.5) is 5.69 Å². The zero-order chi connectivity index (χ0) is 13.8. The number of hydrogen-bond acceptors (Lipinski definition) is 3. The van der Waals surface area contributed by atoms with Gasteiger partial charge >= 0.3 is 0 Å². The molecule has 0 aromatic heterocycles.